The van der Waals surface area contributed by atoms with Crippen molar-refractivity contribution in [2.75, 3.05) is 0 Å². The van der Waals surface area contributed by atoms with E-state index in [4.69, 9.17) is 23.2 Å². The molecule has 3 aromatic rings. The summed E-state index contributed by atoms with van der Waals surface area (Å²) in [7, 11) is -1.18. The molecule has 0 fully saturated rings. The SMILES string of the molecule is Cc1nc(C[S@](=O)c2ccc(Cl)cc2)cc(Sc2ccc(Cl)cc2)n1. The molecule has 1 aromatic heterocycles. The van der Waals surface area contributed by atoms with Crippen LogP contribution in [0, 0.1) is 6.92 Å². The Hall–Kier alpha value is -1.40. The first-order valence-electron chi connectivity index (χ1n) is 7.41. The van der Waals surface area contributed by atoms with Crippen molar-refractivity contribution >= 4 is 45.8 Å². The van der Waals surface area contributed by atoms with Gasteiger partial charge in [-0.2, -0.15) is 0 Å². The molecule has 0 saturated heterocycles. The highest BCUT2D eigenvalue weighted by atomic mass is 35.5. The molecule has 0 amide bonds. The van der Waals surface area contributed by atoms with Gasteiger partial charge in [-0.15, -0.1) is 0 Å². The molecular formula is C18H14Cl2N2OS2. The van der Waals surface area contributed by atoms with E-state index in [0.717, 1.165) is 20.5 Å². The minimum absolute atomic E-state index is 0.333. The van der Waals surface area contributed by atoms with Crippen LogP contribution in [0.2, 0.25) is 10.0 Å². The van der Waals surface area contributed by atoms with Crippen molar-refractivity contribution in [3.63, 3.8) is 0 Å². The lowest BCUT2D eigenvalue weighted by Crippen LogP contribution is -2.02. The highest BCUT2D eigenvalue weighted by molar-refractivity contribution is 7.99. The van der Waals surface area contributed by atoms with Crippen molar-refractivity contribution in [3.8, 4) is 0 Å². The predicted molar refractivity (Wildman–Crippen MR) is 104 cm³/mol. The number of nitrogens with zero attached hydrogens (tertiary/aromatic N) is 2. The summed E-state index contributed by atoms with van der Waals surface area (Å²) in [6, 6.07) is 16.5. The Morgan fingerprint density at radius 2 is 1.56 bits per heavy atom. The highest BCUT2D eigenvalue weighted by Gasteiger charge is 2.10. The summed E-state index contributed by atoms with van der Waals surface area (Å²) in [5.74, 6) is 0.987. The fraction of sp³-hybridized carbons (Fsp3) is 0.111. The zero-order chi connectivity index (χ0) is 17.8. The van der Waals surface area contributed by atoms with Gasteiger partial charge in [-0.05, 0) is 61.5 Å². The first-order chi connectivity index (χ1) is 12.0. The van der Waals surface area contributed by atoms with E-state index in [1.165, 1.54) is 11.8 Å². The quantitative estimate of drug-likeness (QED) is 0.518. The standard InChI is InChI=1S/C18H14Cl2N2OS2/c1-12-21-15(11-25(23)17-8-4-14(20)5-9-17)10-18(22-12)24-16-6-2-13(19)3-7-16/h2-10H,11H2,1H3/t25-/m0/s1. The maximum atomic E-state index is 12.5. The minimum atomic E-state index is -1.18. The van der Waals surface area contributed by atoms with Gasteiger partial charge >= 0.3 is 0 Å². The molecule has 3 nitrogen and oxygen atoms in total. The first kappa shape index (κ1) is 18.4. The molecule has 0 radical (unpaired) electrons. The Bertz CT molecular complexity index is 900. The number of hydrogen-bond donors (Lipinski definition) is 0. The Morgan fingerprint density at radius 3 is 2.20 bits per heavy atom. The predicted octanol–water partition coefficient (Wildman–Crippen LogP) is 5.55. The van der Waals surface area contributed by atoms with Crippen LogP contribution in [0.1, 0.15) is 11.5 Å². The summed E-state index contributed by atoms with van der Waals surface area (Å²) in [4.78, 5) is 10.6. The van der Waals surface area contributed by atoms with Gasteiger partial charge in [-0.3, -0.25) is 4.21 Å². The second-order valence-corrected chi connectivity index (χ2v) is 8.66. The van der Waals surface area contributed by atoms with Gasteiger partial charge in [0.25, 0.3) is 0 Å². The molecule has 1 heterocycles. The van der Waals surface area contributed by atoms with Crippen LogP contribution in [0.4, 0.5) is 0 Å². The van der Waals surface area contributed by atoms with Gasteiger partial charge in [0.15, 0.2) is 0 Å². The van der Waals surface area contributed by atoms with E-state index in [1.54, 1.807) is 24.3 Å². The van der Waals surface area contributed by atoms with E-state index in [1.807, 2.05) is 37.3 Å². The first-order valence-corrected chi connectivity index (χ1v) is 10.3. The minimum Gasteiger partial charge on any atom is -0.254 e. The van der Waals surface area contributed by atoms with Crippen molar-refractivity contribution in [3.05, 3.63) is 76.2 Å². The number of aromatic nitrogens is 2. The molecule has 0 aliphatic heterocycles. The third-order valence-electron chi connectivity index (χ3n) is 3.26. The molecule has 1 atom stereocenters. The highest BCUT2D eigenvalue weighted by Crippen LogP contribution is 2.28. The average molecular weight is 409 g/mol. The van der Waals surface area contributed by atoms with E-state index < -0.39 is 10.8 Å². The fourth-order valence-electron chi connectivity index (χ4n) is 2.15. The molecule has 0 saturated carbocycles. The molecule has 0 bridgehead atoms. The van der Waals surface area contributed by atoms with Crippen LogP contribution in [0.3, 0.4) is 0 Å². The monoisotopic (exact) mass is 408 g/mol. The van der Waals surface area contributed by atoms with Crippen LogP contribution in [0.15, 0.2) is 69.4 Å². The molecule has 3 rings (SSSR count). The molecule has 0 aliphatic carbocycles. The lowest BCUT2D eigenvalue weighted by Gasteiger charge is -2.07. The van der Waals surface area contributed by atoms with E-state index in [2.05, 4.69) is 9.97 Å². The lowest BCUT2D eigenvalue weighted by molar-refractivity contribution is 0.681. The van der Waals surface area contributed by atoms with E-state index in [9.17, 15) is 4.21 Å². The van der Waals surface area contributed by atoms with E-state index in [-0.39, 0.29) is 0 Å². The molecule has 0 aliphatic rings. The Morgan fingerprint density at radius 1 is 0.960 bits per heavy atom. The summed E-state index contributed by atoms with van der Waals surface area (Å²) < 4.78 is 12.5. The van der Waals surface area contributed by atoms with Crippen LogP contribution in [0.5, 0.6) is 0 Å². The third-order valence-corrected chi connectivity index (χ3v) is 6.05. The van der Waals surface area contributed by atoms with Crippen molar-refractivity contribution in [1.82, 2.24) is 9.97 Å². The van der Waals surface area contributed by atoms with E-state index in [0.29, 0.717) is 21.6 Å². The normalized spacial score (nSPS) is 12.1. The number of aryl methyl sites for hydroxylation is 1. The van der Waals surface area contributed by atoms with Gasteiger partial charge < -0.3 is 0 Å². The van der Waals surface area contributed by atoms with Crippen LogP contribution >= 0.6 is 35.0 Å². The third kappa shape index (κ3) is 5.28. The lowest BCUT2D eigenvalue weighted by atomic mass is 10.4. The molecule has 25 heavy (non-hydrogen) atoms. The van der Waals surface area contributed by atoms with E-state index >= 15 is 0 Å². The van der Waals surface area contributed by atoms with Gasteiger partial charge in [-0.25, -0.2) is 9.97 Å². The summed E-state index contributed by atoms with van der Waals surface area (Å²) >= 11 is 13.3. The Kier molecular flexibility index (Phi) is 6.12. The summed E-state index contributed by atoms with van der Waals surface area (Å²) in [6.07, 6.45) is 0. The van der Waals surface area contributed by atoms with Crippen molar-refractivity contribution < 1.29 is 4.21 Å². The molecule has 0 spiro atoms. The maximum Gasteiger partial charge on any atom is 0.126 e. The summed E-state index contributed by atoms with van der Waals surface area (Å²) in [5.41, 5.74) is 0.747. The van der Waals surface area contributed by atoms with Gasteiger partial charge in [0, 0.05) is 19.8 Å². The van der Waals surface area contributed by atoms with Crippen LogP contribution in [-0.4, -0.2) is 14.2 Å². The summed E-state index contributed by atoms with van der Waals surface area (Å²) in [6.45, 7) is 1.83. The topological polar surface area (TPSA) is 42.9 Å². The van der Waals surface area contributed by atoms with Gasteiger partial charge in [0.05, 0.1) is 22.2 Å². The molecule has 128 valence electrons. The zero-order valence-electron chi connectivity index (χ0n) is 13.3. The fourth-order valence-corrected chi connectivity index (χ4v) is 4.31. The molecular weight excluding hydrogens is 395 g/mol. The second kappa shape index (κ2) is 8.32. The number of rotatable bonds is 5. The average Bonchev–Trinajstić information content (AvgIpc) is 2.57. The maximum absolute atomic E-state index is 12.5. The summed E-state index contributed by atoms with van der Waals surface area (Å²) in [5, 5.41) is 2.14. The zero-order valence-corrected chi connectivity index (χ0v) is 16.4. The van der Waals surface area contributed by atoms with Crippen LogP contribution in [-0.2, 0) is 16.6 Å². The van der Waals surface area contributed by atoms with Gasteiger partial charge in [-0.1, -0.05) is 35.0 Å². The second-order valence-electron chi connectivity index (χ2n) is 5.24. The van der Waals surface area contributed by atoms with Crippen molar-refractivity contribution in [1.29, 1.82) is 0 Å². The smallest absolute Gasteiger partial charge is 0.126 e. The van der Waals surface area contributed by atoms with Crippen molar-refractivity contribution in [2.24, 2.45) is 0 Å². The number of hydrogen-bond acceptors (Lipinski definition) is 4. The van der Waals surface area contributed by atoms with Gasteiger partial charge in [0.2, 0.25) is 0 Å². The Labute approximate surface area is 163 Å². The van der Waals surface area contributed by atoms with Crippen LogP contribution in [0.25, 0.3) is 0 Å². The largest absolute Gasteiger partial charge is 0.254 e. The van der Waals surface area contributed by atoms with Gasteiger partial charge in [0.1, 0.15) is 10.9 Å². The van der Waals surface area contributed by atoms with Crippen molar-refractivity contribution in [2.45, 2.75) is 27.5 Å². The number of halogens is 2. The molecule has 0 N–H and O–H groups in total. The number of benzene rings is 2. The molecule has 0 unspecified atom stereocenters. The molecule has 7 heteroatoms. The Balaban J connectivity index is 1.77. The van der Waals surface area contributed by atoms with Crippen LogP contribution < -0.4 is 0 Å². The molecule has 2 aromatic carbocycles.